The summed E-state index contributed by atoms with van der Waals surface area (Å²) in [5.74, 6) is 0.367. The van der Waals surface area contributed by atoms with E-state index in [1.165, 1.54) is 28.5 Å². The topological polar surface area (TPSA) is 49.2 Å². The number of furan rings is 1. The summed E-state index contributed by atoms with van der Waals surface area (Å²) in [7, 11) is 0. The number of hydrogen-bond donors (Lipinski definition) is 1. The van der Waals surface area contributed by atoms with Gasteiger partial charge < -0.3 is 14.3 Å². The Balaban J connectivity index is 1.62. The molecule has 3 aromatic rings. The Labute approximate surface area is 134 Å². The van der Waals surface area contributed by atoms with Crippen molar-refractivity contribution < 1.29 is 9.21 Å². The van der Waals surface area contributed by atoms with Crippen LogP contribution < -0.4 is 0 Å². The molecule has 0 radical (unpaired) electrons. The molecule has 2 aromatic heterocycles. The van der Waals surface area contributed by atoms with Crippen LogP contribution >= 0.6 is 0 Å². The van der Waals surface area contributed by atoms with Gasteiger partial charge >= 0.3 is 0 Å². The average Bonchev–Trinajstić information content (AvgIpc) is 3.21. The monoisotopic (exact) mass is 306 g/mol. The molecule has 1 aliphatic rings. The van der Waals surface area contributed by atoms with E-state index in [9.17, 15) is 4.79 Å². The molecule has 116 valence electrons. The predicted molar refractivity (Wildman–Crippen MR) is 90.2 cm³/mol. The average molecular weight is 306 g/mol. The Bertz CT molecular complexity index is 887. The maximum atomic E-state index is 12.3. The first-order chi connectivity index (χ1) is 11.2. The number of para-hydroxylation sites is 1. The Kier molecular flexibility index (Phi) is 3.30. The highest BCUT2D eigenvalue weighted by atomic mass is 16.3. The third-order valence-electron chi connectivity index (χ3n) is 4.44. The lowest BCUT2D eigenvalue weighted by atomic mass is 9.96. The van der Waals surface area contributed by atoms with Crippen LogP contribution in [0.4, 0.5) is 0 Å². The molecule has 0 spiro atoms. The number of aryl methyl sites for hydroxylation is 1. The summed E-state index contributed by atoms with van der Waals surface area (Å²) in [6, 6.07) is 11.8. The number of carbonyl (C=O) groups is 1. The number of nitrogens with one attached hydrogen (secondary N) is 1. The second-order valence-corrected chi connectivity index (χ2v) is 5.88. The van der Waals surface area contributed by atoms with Crippen molar-refractivity contribution in [3.05, 3.63) is 65.8 Å². The van der Waals surface area contributed by atoms with Crippen molar-refractivity contribution in [1.29, 1.82) is 0 Å². The van der Waals surface area contributed by atoms with E-state index in [-0.39, 0.29) is 5.91 Å². The van der Waals surface area contributed by atoms with Crippen LogP contribution in [-0.2, 0) is 0 Å². The number of nitrogens with zero attached hydrogens (tertiary/aromatic N) is 1. The number of aromatic nitrogens is 1. The van der Waals surface area contributed by atoms with Gasteiger partial charge in [-0.15, -0.1) is 0 Å². The van der Waals surface area contributed by atoms with E-state index < -0.39 is 0 Å². The zero-order valence-electron chi connectivity index (χ0n) is 13.0. The van der Waals surface area contributed by atoms with Gasteiger partial charge in [0.25, 0.3) is 5.91 Å². The number of fused-ring (bicyclic) bond motifs is 1. The van der Waals surface area contributed by atoms with E-state index in [4.69, 9.17) is 4.42 Å². The first-order valence-electron chi connectivity index (χ1n) is 7.83. The fourth-order valence-corrected chi connectivity index (χ4v) is 3.33. The second-order valence-electron chi connectivity index (χ2n) is 5.88. The van der Waals surface area contributed by atoms with Crippen molar-refractivity contribution in [3.8, 4) is 0 Å². The SMILES string of the molecule is Cc1[nH]c2ccccc2c1C1=CCN(C(=O)c2ccco2)CC1. The first-order valence-corrected chi connectivity index (χ1v) is 7.83. The van der Waals surface area contributed by atoms with Gasteiger partial charge in [-0.1, -0.05) is 24.3 Å². The summed E-state index contributed by atoms with van der Waals surface area (Å²) in [6.07, 6.45) is 4.55. The van der Waals surface area contributed by atoms with Crippen molar-refractivity contribution in [2.24, 2.45) is 0 Å². The number of rotatable bonds is 2. The maximum Gasteiger partial charge on any atom is 0.289 e. The molecule has 1 aliphatic heterocycles. The third-order valence-corrected chi connectivity index (χ3v) is 4.44. The summed E-state index contributed by atoms with van der Waals surface area (Å²) in [5.41, 5.74) is 4.94. The van der Waals surface area contributed by atoms with Crippen molar-refractivity contribution in [2.75, 3.05) is 13.1 Å². The van der Waals surface area contributed by atoms with Crippen LogP contribution in [0.2, 0.25) is 0 Å². The van der Waals surface area contributed by atoms with E-state index in [0.717, 1.165) is 11.9 Å². The van der Waals surface area contributed by atoms with Crippen molar-refractivity contribution >= 4 is 22.4 Å². The molecular formula is C19H18N2O2. The summed E-state index contributed by atoms with van der Waals surface area (Å²) < 4.78 is 5.21. The van der Waals surface area contributed by atoms with Crippen molar-refractivity contribution in [2.45, 2.75) is 13.3 Å². The van der Waals surface area contributed by atoms with Gasteiger partial charge in [-0.3, -0.25) is 4.79 Å². The summed E-state index contributed by atoms with van der Waals surface area (Å²) in [6.45, 7) is 3.44. The van der Waals surface area contributed by atoms with Crippen LogP contribution in [0.25, 0.3) is 16.5 Å². The standard InChI is InChI=1S/C19H18N2O2/c1-13-18(15-5-2-3-6-16(15)20-13)14-8-10-21(11-9-14)19(22)17-7-4-12-23-17/h2-8,12,20H,9-11H2,1H3. The number of H-pyrrole nitrogens is 1. The van der Waals surface area contributed by atoms with E-state index in [1.807, 2.05) is 11.0 Å². The van der Waals surface area contributed by atoms with Crippen LogP contribution in [-0.4, -0.2) is 28.9 Å². The molecule has 0 fully saturated rings. The van der Waals surface area contributed by atoms with E-state index in [0.29, 0.717) is 18.8 Å². The minimum atomic E-state index is -0.0408. The number of benzene rings is 1. The molecule has 4 rings (SSSR count). The lowest BCUT2D eigenvalue weighted by Gasteiger charge is -2.26. The van der Waals surface area contributed by atoms with Crippen LogP contribution in [0.3, 0.4) is 0 Å². The molecule has 4 nitrogen and oxygen atoms in total. The van der Waals surface area contributed by atoms with Gasteiger partial charge in [-0.25, -0.2) is 0 Å². The highest BCUT2D eigenvalue weighted by Crippen LogP contribution is 2.32. The Hall–Kier alpha value is -2.75. The molecule has 0 unspecified atom stereocenters. The summed E-state index contributed by atoms with van der Waals surface area (Å²) >= 11 is 0. The summed E-state index contributed by atoms with van der Waals surface area (Å²) in [4.78, 5) is 17.6. The molecule has 1 amide bonds. The van der Waals surface area contributed by atoms with Crippen LogP contribution in [0.15, 0.2) is 53.2 Å². The normalized spacial score (nSPS) is 15.0. The molecule has 0 aliphatic carbocycles. The first kappa shape index (κ1) is 13.9. The molecule has 0 atom stereocenters. The van der Waals surface area contributed by atoms with E-state index in [2.05, 4.69) is 36.2 Å². The zero-order valence-corrected chi connectivity index (χ0v) is 13.0. The van der Waals surface area contributed by atoms with Crippen LogP contribution in [0.5, 0.6) is 0 Å². The highest BCUT2D eigenvalue weighted by molar-refractivity contribution is 5.96. The number of aromatic amines is 1. The Morgan fingerprint density at radius 3 is 2.83 bits per heavy atom. The summed E-state index contributed by atoms with van der Waals surface area (Å²) in [5, 5.41) is 1.25. The molecule has 0 saturated heterocycles. The third kappa shape index (κ3) is 2.36. The fourth-order valence-electron chi connectivity index (χ4n) is 3.33. The zero-order chi connectivity index (χ0) is 15.8. The lowest BCUT2D eigenvalue weighted by molar-refractivity contribution is 0.0741. The quantitative estimate of drug-likeness (QED) is 0.778. The van der Waals surface area contributed by atoms with E-state index in [1.54, 1.807) is 12.1 Å². The van der Waals surface area contributed by atoms with Crippen molar-refractivity contribution in [3.63, 3.8) is 0 Å². The molecular weight excluding hydrogens is 288 g/mol. The number of hydrogen-bond acceptors (Lipinski definition) is 2. The molecule has 1 aromatic carbocycles. The molecule has 23 heavy (non-hydrogen) atoms. The maximum absolute atomic E-state index is 12.3. The number of amides is 1. The molecule has 4 heteroatoms. The van der Waals surface area contributed by atoms with Crippen LogP contribution in [0, 0.1) is 6.92 Å². The van der Waals surface area contributed by atoms with Gasteiger partial charge in [0.05, 0.1) is 6.26 Å². The number of carbonyl (C=O) groups excluding carboxylic acids is 1. The second kappa shape index (κ2) is 5.47. The van der Waals surface area contributed by atoms with E-state index >= 15 is 0 Å². The molecule has 0 saturated carbocycles. The van der Waals surface area contributed by atoms with Gasteiger partial charge in [0, 0.05) is 35.2 Å². The highest BCUT2D eigenvalue weighted by Gasteiger charge is 2.22. The van der Waals surface area contributed by atoms with Gasteiger partial charge in [0.2, 0.25) is 0 Å². The van der Waals surface area contributed by atoms with Gasteiger partial charge in [-0.05, 0) is 37.1 Å². The Morgan fingerprint density at radius 1 is 1.22 bits per heavy atom. The lowest BCUT2D eigenvalue weighted by Crippen LogP contribution is -2.34. The van der Waals surface area contributed by atoms with Gasteiger partial charge in [0.15, 0.2) is 5.76 Å². The largest absolute Gasteiger partial charge is 0.459 e. The molecule has 1 N–H and O–H groups in total. The van der Waals surface area contributed by atoms with Gasteiger partial charge in [0.1, 0.15) is 0 Å². The predicted octanol–water partition coefficient (Wildman–Crippen LogP) is 4.00. The Morgan fingerprint density at radius 2 is 2.09 bits per heavy atom. The smallest absolute Gasteiger partial charge is 0.289 e. The van der Waals surface area contributed by atoms with Crippen LogP contribution in [0.1, 0.15) is 28.2 Å². The minimum absolute atomic E-state index is 0.0408. The fraction of sp³-hybridized carbons (Fsp3) is 0.211. The van der Waals surface area contributed by atoms with Gasteiger partial charge in [-0.2, -0.15) is 0 Å². The minimum Gasteiger partial charge on any atom is -0.459 e. The molecule has 3 heterocycles. The molecule has 0 bridgehead atoms. The van der Waals surface area contributed by atoms with Crippen molar-refractivity contribution in [1.82, 2.24) is 9.88 Å².